The largest absolute Gasteiger partial charge is 0.496 e. The number of aryl methyl sites for hydroxylation is 1. The van der Waals surface area contributed by atoms with Crippen molar-refractivity contribution in [2.24, 2.45) is 0 Å². The third-order valence-corrected chi connectivity index (χ3v) is 3.96. The van der Waals surface area contributed by atoms with E-state index in [0.717, 1.165) is 18.4 Å². The highest BCUT2D eigenvalue weighted by atomic mass is 16.5. The Balaban J connectivity index is 1.74. The van der Waals surface area contributed by atoms with E-state index in [1.54, 1.807) is 12.1 Å². The zero-order chi connectivity index (χ0) is 18.1. The average Bonchev–Trinajstić information content (AvgIpc) is 2.62. The molecule has 5 heteroatoms. The van der Waals surface area contributed by atoms with E-state index in [4.69, 9.17) is 9.84 Å². The molecule has 0 saturated carbocycles. The topological polar surface area (TPSA) is 75.6 Å². The summed E-state index contributed by atoms with van der Waals surface area (Å²) >= 11 is 0. The third kappa shape index (κ3) is 5.95. The standard InChI is InChI=1S/C20H23NO4/c1-25-18-14-17(20(23)24)11-10-16(18)12-13-21-19(22)9-5-8-15-6-3-2-4-7-15/h2-4,6-7,10-11,14H,5,8-9,12-13H2,1H3,(H,21,22)(H,23,24). The number of ether oxygens (including phenoxy) is 1. The number of hydrogen-bond donors (Lipinski definition) is 2. The van der Waals surface area contributed by atoms with Gasteiger partial charge in [-0.05, 0) is 42.5 Å². The first-order valence-electron chi connectivity index (χ1n) is 8.31. The van der Waals surface area contributed by atoms with Gasteiger partial charge in [-0.2, -0.15) is 0 Å². The van der Waals surface area contributed by atoms with Crippen molar-refractivity contribution in [1.82, 2.24) is 5.32 Å². The number of methoxy groups -OCH3 is 1. The number of rotatable bonds is 9. The Bertz CT molecular complexity index is 713. The van der Waals surface area contributed by atoms with Gasteiger partial charge in [-0.1, -0.05) is 36.4 Å². The fraction of sp³-hybridized carbons (Fsp3) is 0.300. The van der Waals surface area contributed by atoms with E-state index >= 15 is 0 Å². The maximum absolute atomic E-state index is 11.9. The molecule has 0 heterocycles. The SMILES string of the molecule is COc1cc(C(=O)O)ccc1CCNC(=O)CCCc1ccccc1. The van der Waals surface area contributed by atoms with E-state index in [1.807, 2.05) is 18.2 Å². The molecule has 5 nitrogen and oxygen atoms in total. The maximum Gasteiger partial charge on any atom is 0.335 e. The molecule has 0 aliphatic rings. The highest BCUT2D eigenvalue weighted by Gasteiger charge is 2.09. The molecular formula is C20H23NO4. The Kier molecular flexibility index (Phi) is 7.01. The molecule has 0 fully saturated rings. The number of hydrogen-bond acceptors (Lipinski definition) is 3. The molecule has 25 heavy (non-hydrogen) atoms. The van der Waals surface area contributed by atoms with Crippen molar-refractivity contribution < 1.29 is 19.4 Å². The molecule has 0 unspecified atom stereocenters. The number of carboxylic acid groups (broad SMARTS) is 1. The van der Waals surface area contributed by atoms with Gasteiger partial charge < -0.3 is 15.2 Å². The van der Waals surface area contributed by atoms with E-state index in [2.05, 4.69) is 17.4 Å². The smallest absolute Gasteiger partial charge is 0.335 e. The Labute approximate surface area is 147 Å². The molecular weight excluding hydrogens is 318 g/mol. The van der Waals surface area contributed by atoms with Crippen molar-refractivity contribution in [3.63, 3.8) is 0 Å². The van der Waals surface area contributed by atoms with Gasteiger partial charge in [0.15, 0.2) is 0 Å². The minimum absolute atomic E-state index is 0.0251. The summed E-state index contributed by atoms with van der Waals surface area (Å²) in [6, 6.07) is 14.9. The van der Waals surface area contributed by atoms with Crippen LogP contribution in [-0.4, -0.2) is 30.6 Å². The van der Waals surface area contributed by atoms with Gasteiger partial charge >= 0.3 is 5.97 Å². The number of aromatic carboxylic acids is 1. The molecule has 2 aromatic rings. The first-order chi connectivity index (χ1) is 12.1. The van der Waals surface area contributed by atoms with Crippen molar-refractivity contribution >= 4 is 11.9 Å². The van der Waals surface area contributed by atoms with E-state index in [-0.39, 0.29) is 11.5 Å². The summed E-state index contributed by atoms with van der Waals surface area (Å²) in [5, 5.41) is 11.9. The predicted molar refractivity (Wildman–Crippen MR) is 96.0 cm³/mol. The Hall–Kier alpha value is -2.82. The average molecular weight is 341 g/mol. The molecule has 2 N–H and O–H groups in total. The highest BCUT2D eigenvalue weighted by molar-refractivity contribution is 5.88. The minimum atomic E-state index is -0.989. The molecule has 0 radical (unpaired) electrons. The van der Waals surface area contributed by atoms with Crippen LogP contribution in [0.25, 0.3) is 0 Å². The van der Waals surface area contributed by atoms with Crippen LogP contribution >= 0.6 is 0 Å². The van der Waals surface area contributed by atoms with Crippen molar-refractivity contribution in [2.45, 2.75) is 25.7 Å². The third-order valence-electron chi connectivity index (χ3n) is 3.96. The van der Waals surface area contributed by atoms with Crippen LogP contribution in [0.4, 0.5) is 0 Å². The quantitative estimate of drug-likeness (QED) is 0.735. The molecule has 0 aromatic heterocycles. The van der Waals surface area contributed by atoms with Gasteiger partial charge in [0.2, 0.25) is 5.91 Å². The van der Waals surface area contributed by atoms with Crippen LogP contribution < -0.4 is 10.1 Å². The molecule has 132 valence electrons. The molecule has 0 spiro atoms. The molecule has 2 aromatic carbocycles. The van der Waals surface area contributed by atoms with Gasteiger partial charge in [-0.25, -0.2) is 4.79 Å². The first kappa shape index (κ1) is 18.5. The second kappa shape index (κ2) is 9.47. The summed E-state index contributed by atoms with van der Waals surface area (Å²) in [5.74, 6) is -0.438. The molecule has 0 aliphatic heterocycles. The second-order valence-electron chi connectivity index (χ2n) is 5.77. The van der Waals surface area contributed by atoms with Crippen LogP contribution in [0.3, 0.4) is 0 Å². The maximum atomic E-state index is 11.9. The van der Waals surface area contributed by atoms with E-state index in [9.17, 15) is 9.59 Å². The zero-order valence-corrected chi connectivity index (χ0v) is 14.3. The fourth-order valence-electron chi connectivity index (χ4n) is 2.61. The molecule has 0 atom stereocenters. The molecule has 0 aliphatic carbocycles. The Morgan fingerprint density at radius 1 is 1.08 bits per heavy atom. The van der Waals surface area contributed by atoms with Gasteiger partial charge in [0.25, 0.3) is 0 Å². The highest BCUT2D eigenvalue weighted by Crippen LogP contribution is 2.20. The van der Waals surface area contributed by atoms with Crippen LogP contribution in [0.5, 0.6) is 5.75 Å². The predicted octanol–water partition coefficient (Wildman–Crippen LogP) is 3.08. The van der Waals surface area contributed by atoms with Crippen molar-refractivity contribution in [2.75, 3.05) is 13.7 Å². The lowest BCUT2D eigenvalue weighted by molar-refractivity contribution is -0.121. The van der Waals surface area contributed by atoms with Gasteiger partial charge in [0.05, 0.1) is 12.7 Å². The van der Waals surface area contributed by atoms with E-state index < -0.39 is 5.97 Å². The number of carbonyl (C=O) groups is 2. The van der Waals surface area contributed by atoms with E-state index in [1.165, 1.54) is 18.7 Å². The van der Waals surface area contributed by atoms with E-state index in [0.29, 0.717) is 25.1 Å². The molecule has 1 amide bonds. The summed E-state index contributed by atoms with van der Waals surface area (Å²) in [5.41, 5.74) is 2.29. The lowest BCUT2D eigenvalue weighted by Crippen LogP contribution is -2.25. The minimum Gasteiger partial charge on any atom is -0.496 e. The van der Waals surface area contributed by atoms with Crippen molar-refractivity contribution in [3.05, 3.63) is 65.2 Å². The number of amides is 1. The second-order valence-corrected chi connectivity index (χ2v) is 5.77. The van der Waals surface area contributed by atoms with Gasteiger partial charge in [0.1, 0.15) is 5.75 Å². The van der Waals surface area contributed by atoms with Crippen molar-refractivity contribution in [1.29, 1.82) is 0 Å². The lowest BCUT2D eigenvalue weighted by atomic mass is 10.1. The van der Waals surface area contributed by atoms with Crippen LogP contribution in [0.15, 0.2) is 48.5 Å². The first-order valence-corrected chi connectivity index (χ1v) is 8.31. The van der Waals surface area contributed by atoms with Gasteiger partial charge in [-0.3, -0.25) is 4.79 Å². The van der Waals surface area contributed by atoms with Crippen LogP contribution in [0, 0.1) is 0 Å². The van der Waals surface area contributed by atoms with Gasteiger partial charge in [0, 0.05) is 13.0 Å². The normalized spacial score (nSPS) is 10.3. The molecule has 2 rings (SSSR count). The number of carboxylic acids is 1. The van der Waals surface area contributed by atoms with Crippen molar-refractivity contribution in [3.8, 4) is 5.75 Å². The summed E-state index contributed by atoms with van der Waals surface area (Å²) < 4.78 is 5.23. The summed E-state index contributed by atoms with van der Waals surface area (Å²) in [6.45, 7) is 0.493. The molecule has 0 bridgehead atoms. The fourth-order valence-corrected chi connectivity index (χ4v) is 2.61. The van der Waals surface area contributed by atoms with Gasteiger partial charge in [-0.15, -0.1) is 0 Å². The van der Waals surface area contributed by atoms with Crippen LogP contribution in [-0.2, 0) is 17.6 Å². The molecule has 0 saturated heterocycles. The van der Waals surface area contributed by atoms with Crippen LogP contribution in [0.2, 0.25) is 0 Å². The number of carbonyl (C=O) groups excluding carboxylic acids is 1. The lowest BCUT2D eigenvalue weighted by Gasteiger charge is -2.10. The number of benzene rings is 2. The number of nitrogens with one attached hydrogen (secondary N) is 1. The Morgan fingerprint density at radius 2 is 1.84 bits per heavy atom. The van der Waals surface area contributed by atoms with Crippen LogP contribution in [0.1, 0.15) is 34.3 Å². The Morgan fingerprint density at radius 3 is 2.52 bits per heavy atom. The zero-order valence-electron chi connectivity index (χ0n) is 14.3. The monoisotopic (exact) mass is 341 g/mol. The summed E-state index contributed by atoms with van der Waals surface area (Å²) in [4.78, 5) is 22.9. The summed E-state index contributed by atoms with van der Waals surface area (Å²) in [6.07, 6.45) is 2.78. The summed E-state index contributed by atoms with van der Waals surface area (Å²) in [7, 11) is 1.51.